The number of nitrogens with zero attached hydrogens (tertiary/aromatic N) is 4. The molecule has 0 atom stereocenters. The first-order chi connectivity index (χ1) is 15.8. The smallest absolute Gasteiger partial charge is 0.181 e. The van der Waals surface area contributed by atoms with Crippen LogP contribution in [0.5, 0.6) is 0 Å². The van der Waals surface area contributed by atoms with E-state index in [1.165, 1.54) is 0 Å². The Morgan fingerprint density at radius 2 is 1.28 bits per heavy atom. The van der Waals surface area contributed by atoms with Gasteiger partial charge in [-0.15, -0.1) is 0 Å². The van der Waals surface area contributed by atoms with Crippen molar-refractivity contribution in [3.63, 3.8) is 0 Å². The van der Waals surface area contributed by atoms with Crippen molar-refractivity contribution in [3.8, 4) is 22.8 Å². The molecular formula is C27H19N5. The molecule has 1 aliphatic rings. The second-order valence-corrected chi connectivity index (χ2v) is 7.71. The highest BCUT2D eigenvalue weighted by Gasteiger charge is 2.14. The lowest BCUT2D eigenvalue weighted by molar-refractivity contribution is 1.10. The molecule has 0 radical (unpaired) electrons. The molecule has 0 unspecified atom stereocenters. The minimum Gasteiger partial charge on any atom is -0.260 e. The van der Waals surface area contributed by atoms with Gasteiger partial charge in [-0.3, -0.25) is 10.1 Å². The van der Waals surface area contributed by atoms with Gasteiger partial charge in [0.1, 0.15) is 0 Å². The van der Waals surface area contributed by atoms with E-state index in [9.17, 15) is 0 Å². The summed E-state index contributed by atoms with van der Waals surface area (Å²) in [6.07, 6.45) is 0. The van der Waals surface area contributed by atoms with Crippen LogP contribution in [0.2, 0.25) is 0 Å². The first kappa shape index (κ1) is 18.4. The molecule has 6 rings (SSSR count). The molecule has 32 heavy (non-hydrogen) atoms. The van der Waals surface area contributed by atoms with Gasteiger partial charge in [-0.1, -0.05) is 84.9 Å². The van der Waals surface area contributed by atoms with E-state index in [-0.39, 0.29) is 0 Å². The highest BCUT2D eigenvalue weighted by Crippen LogP contribution is 2.25. The van der Waals surface area contributed by atoms with Gasteiger partial charge in [0.05, 0.1) is 12.3 Å². The molecule has 5 aromatic rings. The zero-order valence-electron chi connectivity index (χ0n) is 17.2. The molecule has 0 aliphatic carbocycles. The summed E-state index contributed by atoms with van der Waals surface area (Å²) in [6, 6.07) is 32.8. The molecule has 0 bridgehead atoms. The zero-order valence-corrected chi connectivity index (χ0v) is 17.2. The van der Waals surface area contributed by atoms with Gasteiger partial charge in [0.2, 0.25) is 0 Å². The molecule has 1 aromatic heterocycles. The van der Waals surface area contributed by atoms with Crippen LogP contribution in [0.15, 0.2) is 107 Å². The zero-order chi connectivity index (χ0) is 21.3. The summed E-state index contributed by atoms with van der Waals surface area (Å²) in [5, 5.41) is 9.72. The number of aromatic amines is 1. The van der Waals surface area contributed by atoms with Crippen LogP contribution in [0.3, 0.4) is 0 Å². The number of aliphatic imine (C=N–C) groups is 2. The molecule has 0 saturated carbocycles. The third-order valence-electron chi connectivity index (χ3n) is 5.62. The quantitative estimate of drug-likeness (QED) is 0.420. The molecule has 5 heteroatoms. The lowest BCUT2D eigenvalue weighted by Crippen LogP contribution is -2.01. The summed E-state index contributed by atoms with van der Waals surface area (Å²) in [5.41, 5.74) is 5.16. The summed E-state index contributed by atoms with van der Waals surface area (Å²) in [6.45, 7) is 0.616. The SMILES string of the molecule is c1ccc(C2=NC(c3ccc4cc(-c5n[nH]c(-c6ccccc6)n5)ccc4c3)=NC2)cc1. The number of H-pyrrole nitrogens is 1. The van der Waals surface area contributed by atoms with Crippen LogP contribution in [0.4, 0.5) is 0 Å². The van der Waals surface area contributed by atoms with E-state index < -0.39 is 0 Å². The number of aromatic nitrogens is 3. The van der Waals surface area contributed by atoms with Crippen LogP contribution < -0.4 is 0 Å². The Kier molecular flexibility index (Phi) is 4.43. The van der Waals surface area contributed by atoms with Crippen LogP contribution in [0.1, 0.15) is 11.1 Å². The van der Waals surface area contributed by atoms with Crippen LogP contribution in [0.25, 0.3) is 33.5 Å². The van der Waals surface area contributed by atoms with E-state index in [0.29, 0.717) is 12.4 Å². The highest BCUT2D eigenvalue weighted by atomic mass is 15.2. The minimum atomic E-state index is 0.616. The summed E-state index contributed by atoms with van der Waals surface area (Å²) >= 11 is 0. The van der Waals surface area contributed by atoms with E-state index in [0.717, 1.165) is 50.4 Å². The largest absolute Gasteiger partial charge is 0.260 e. The molecule has 0 fully saturated rings. The number of rotatable bonds is 4. The summed E-state index contributed by atoms with van der Waals surface area (Å²) in [4.78, 5) is 14.1. The molecule has 4 aromatic carbocycles. The number of fused-ring (bicyclic) bond motifs is 1. The lowest BCUT2D eigenvalue weighted by atomic mass is 10.0. The Hall–Kier alpha value is -4.38. The van der Waals surface area contributed by atoms with Crippen molar-refractivity contribution < 1.29 is 0 Å². The van der Waals surface area contributed by atoms with Gasteiger partial charge in [-0.25, -0.2) is 9.98 Å². The van der Waals surface area contributed by atoms with Crippen molar-refractivity contribution in [3.05, 3.63) is 108 Å². The van der Waals surface area contributed by atoms with Crippen LogP contribution in [0, 0.1) is 0 Å². The summed E-state index contributed by atoms with van der Waals surface area (Å²) < 4.78 is 0. The average Bonchev–Trinajstić information content (AvgIpc) is 3.55. The predicted octanol–water partition coefficient (Wildman–Crippen LogP) is 5.54. The predicted molar refractivity (Wildman–Crippen MR) is 129 cm³/mol. The molecule has 0 spiro atoms. The fourth-order valence-electron chi connectivity index (χ4n) is 3.93. The van der Waals surface area contributed by atoms with Gasteiger partial charge in [0, 0.05) is 16.7 Å². The first-order valence-electron chi connectivity index (χ1n) is 10.5. The van der Waals surface area contributed by atoms with Crippen LogP contribution in [-0.4, -0.2) is 33.3 Å². The summed E-state index contributed by atoms with van der Waals surface area (Å²) in [5.74, 6) is 2.24. The van der Waals surface area contributed by atoms with E-state index in [1.54, 1.807) is 0 Å². The third-order valence-corrected chi connectivity index (χ3v) is 5.62. The maximum absolute atomic E-state index is 4.77. The van der Waals surface area contributed by atoms with Crippen molar-refractivity contribution in [1.29, 1.82) is 0 Å². The molecular weight excluding hydrogens is 394 g/mol. The lowest BCUT2D eigenvalue weighted by Gasteiger charge is -2.04. The van der Waals surface area contributed by atoms with E-state index in [1.807, 2.05) is 48.5 Å². The Morgan fingerprint density at radius 3 is 2.03 bits per heavy atom. The number of hydrogen-bond acceptors (Lipinski definition) is 4. The maximum Gasteiger partial charge on any atom is 0.181 e. The molecule has 0 amide bonds. The van der Waals surface area contributed by atoms with Crippen LogP contribution >= 0.6 is 0 Å². The van der Waals surface area contributed by atoms with Gasteiger partial charge >= 0.3 is 0 Å². The maximum atomic E-state index is 4.77. The van der Waals surface area contributed by atoms with Gasteiger partial charge in [-0.2, -0.15) is 5.10 Å². The van der Waals surface area contributed by atoms with Gasteiger partial charge < -0.3 is 0 Å². The molecule has 1 N–H and O–H groups in total. The fraction of sp³-hybridized carbons (Fsp3) is 0.0370. The molecule has 1 aliphatic heterocycles. The number of hydrogen-bond donors (Lipinski definition) is 1. The van der Waals surface area contributed by atoms with Crippen molar-refractivity contribution >= 4 is 22.3 Å². The Balaban J connectivity index is 1.29. The minimum absolute atomic E-state index is 0.616. The monoisotopic (exact) mass is 413 g/mol. The fourth-order valence-corrected chi connectivity index (χ4v) is 3.93. The normalized spacial score (nSPS) is 13.2. The molecule has 0 saturated heterocycles. The Labute approximate surface area is 185 Å². The number of benzene rings is 4. The second-order valence-electron chi connectivity index (χ2n) is 7.71. The highest BCUT2D eigenvalue weighted by molar-refractivity contribution is 6.17. The first-order valence-corrected chi connectivity index (χ1v) is 10.5. The van der Waals surface area contributed by atoms with E-state index in [2.05, 4.69) is 68.7 Å². The average molecular weight is 413 g/mol. The molecule has 5 nitrogen and oxygen atoms in total. The third kappa shape index (κ3) is 3.40. The Morgan fingerprint density at radius 1 is 0.625 bits per heavy atom. The van der Waals surface area contributed by atoms with E-state index >= 15 is 0 Å². The standard InChI is InChI=1S/C27H19N5/c1-3-7-18(8-4-1)24-17-28-25(29-24)22-13-11-21-16-23(14-12-20(21)15-22)27-30-26(31-32-27)19-9-5-2-6-10-19/h1-16H,17H2,(H,30,31,32). The number of amidine groups is 1. The van der Waals surface area contributed by atoms with Gasteiger partial charge in [-0.05, 0) is 28.5 Å². The van der Waals surface area contributed by atoms with Crippen molar-refractivity contribution in [2.75, 3.05) is 6.54 Å². The molecule has 2 heterocycles. The van der Waals surface area contributed by atoms with Crippen molar-refractivity contribution in [2.45, 2.75) is 0 Å². The van der Waals surface area contributed by atoms with Crippen molar-refractivity contribution in [2.24, 2.45) is 9.98 Å². The van der Waals surface area contributed by atoms with Crippen LogP contribution in [-0.2, 0) is 0 Å². The second kappa shape index (κ2) is 7.71. The van der Waals surface area contributed by atoms with E-state index in [4.69, 9.17) is 4.99 Å². The molecule has 152 valence electrons. The Bertz CT molecular complexity index is 1480. The van der Waals surface area contributed by atoms with Gasteiger partial charge in [0.25, 0.3) is 0 Å². The summed E-state index contributed by atoms with van der Waals surface area (Å²) in [7, 11) is 0. The number of nitrogens with one attached hydrogen (secondary N) is 1. The topological polar surface area (TPSA) is 66.3 Å². The van der Waals surface area contributed by atoms with Crippen molar-refractivity contribution in [1.82, 2.24) is 15.2 Å². The van der Waals surface area contributed by atoms with Gasteiger partial charge in [0.15, 0.2) is 17.5 Å².